The summed E-state index contributed by atoms with van der Waals surface area (Å²) in [5, 5.41) is 8.77. The summed E-state index contributed by atoms with van der Waals surface area (Å²) in [5.74, 6) is 0.146. The van der Waals surface area contributed by atoms with Gasteiger partial charge in [-0.1, -0.05) is 19.3 Å². The first-order valence-electron chi connectivity index (χ1n) is 5.50. The van der Waals surface area contributed by atoms with Crippen molar-refractivity contribution in [1.82, 2.24) is 4.90 Å². The van der Waals surface area contributed by atoms with Gasteiger partial charge < -0.3 is 4.90 Å². The van der Waals surface area contributed by atoms with Gasteiger partial charge in [0, 0.05) is 19.0 Å². The smallest absolute Gasteiger partial charge is 0.224 e. The minimum atomic E-state index is -0.0515. The second kappa shape index (κ2) is 4.00. The van der Waals surface area contributed by atoms with Crippen LogP contribution in [0.3, 0.4) is 0 Å². The molecule has 0 N–H and O–H groups in total. The van der Waals surface area contributed by atoms with E-state index < -0.39 is 0 Å². The summed E-state index contributed by atoms with van der Waals surface area (Å²) in [5.41, 5.74) is 0. The second-order valence-electron chi connectivity index (χ2n) is 4.37. The predicted molar refractivity (Wildman–Crippen MR) is 52.3 cm³/mol. The molecule has 3 nitrogen and oxygen atoms in total. The fourth-order valence-corrected chi connectivity index (χ4v) is 2.56. The molecule has 1 amide bonds. The molecule has 0 aromatic carbocycles. The molecular weight excluding hydrogens is 176 g/mol. The number of carbonyl (C=O) groups is 1. The SMILES string of the molecule is N#CC1CC(=O)N(C2CCCCC2)C1. The first kappa shape index (κ1) is 9.51. The summed E-state index contributed by atoms with van der Waals surface area (Å²) < 4.78 is 0. The highest BCUT2D eigenvalue weighted by molar-refractivity contribution is 5.79. The lowest BCUT2D eigenvalue weighted by atomic mass is 9.94. The predicted octanol–water partition coefficient (Wildman–Crippen LogP) is 1.69. The molecule has 2 aliphatic rings. The normalized spacial score (nSPS) is 29.2. The van der Waals surface area contributed by atoms with E-state index >= 15 is 0 Å². The van der Waals surface area contributed by atoms with Gasteiger partial charge in [-0.25, -0.2) is 0 Å². The molecule has 1 unspecified atom stereocenters. The van der Waals surface area contributed by atoms with Crippen molar-refractivity contribution in [3.05, 3.63) is 0 Å². The quantitative estimate of drug-likeness (QED) is 0.634. The number of nitrogens with zero attached hydrogens (tertiary/aromatic N) is 2. The van der Waals surface area contributed by atoms with Crippen LogP contribution in [0.1, 0.15) is 38.5 Å². The van der Waals surface area contributed by atoms with Gasteiger partial charge in [0.2, 0.25) is 5.91 Å². The fourth-order valence-electron chi connectivity index (χ4n) is 2.56. The molecule has 2 fully saturated rings. The summed E-state index contributed by atoms with van der Waals surface area (Å²) in [6, 6.07) is 2.64. The molecule has 1 saturated carbocycles. The summed E-state index contributed by atoms with van der Waals surface area (Å²) in [6.07, 6.45) is 6.53. The van der Waals surface area contributed by atoms with Crippen LogP contribution >= 0.6 is 0 Å². The van der Waals surface area contributed by atoms with E-state index in [-0.39, 0.29) is 11.8 Å². The molecule has 1 heterocycles. The number of nitriles is 1. The van der Waals surface area contributed by atoms with Gasteiger partial charge in [0.15, 0.2) is 0 Å². The van der Waals surface area contributed by atoms with Crippen molar-refractivity contribution in [1.29, 1.82) is 5.26 Å². The fraction of sp³-hybridized carbons (Fsp3) is 0.818. The maximum Gasteiger partial charge on any atom is 0.224 e. The van der Waals surface area contributed by atoms with Crippen LogP contribution in [-0.2, 0) is 4.79 Å². The van der Waals surface area contributed by atoms with E-state index in [4.69, 9.17) is 5.26 Å². The van der Waals surface area contributed by atoms with Crippen molar-refractivity contribution in [3.63, 3.8) is 0 Å². The van der Waals surface area contributed by atoms with E-state index in [0.717, 1.165) is 12.8 Å². The van der Waals surface area contributed by atoms with Crippen LogP contribution in [0.4, 0.5) is 0 Å². The molecule has 1 aliphatic heterocycles. The van der Waals surface area contributed by atoms with Crippen molar-refractivity contribution in [3.8, 4) is 6.07 Å². The van der Waals surface area contributed by atoms with E-state index in [9.17, 15) is 4.79 Å². The van der Waals surface area contributed by atoms with Gasteiger partial charge in [0.1, 0.15) is 0 Å². The summed E-state index contributed by atoms with van der Waals surface area (Å²) >= 11 is 0. The van der Waals surface area contributed by atoms with Crippen LogP contribution < -0.4 is 0 Å². The lowest BCUT2D eigenvalue weighted by molar-refractivity contribution is -0.130. The highest BCUT2D eigenvalue weighted by Crippen LogP contribution is 2.28. The molecule has 1 atom stereocenters. The van der Waals surface area contributed by atoms with Crippen molar-refractivity contribution in [2.45, 2.75) is 44.6 Å². The van der Waals surface area contributed by atoms with E-state index in [0.29, 0.717) is 19.0 Å². The third-order valence-electron chi connectivity index (χ3n) is 3.36. The Kier molecular flexibility index (Phi) is 2.72. The number of amides is 1. The van der Waals surface area contributed by atoms with Crippen molar-refractivity contribution in [2.24, 2.45) is 5.92 Å². The first-order valence-corrected chi connectivity index (χ1v) is 5.50. The number of likely N-dealkylation sites (tertiary alicyclic amines) is 1. The second-order valence-corrected chi connectivity index (χ2v) is 4.37. The summed E-state index contributed by atoms with van der Waals surface area (Å²) in [4.78, 5) is 13.6. The Hall–Kier alpha value is -1.04. The average Bonchev–Trinajstić information content (AvgIpc) is 2.61. The van der Waals surface area contributed by atoms with Crippen molar-refractivity contribution < 1.29 is 4.79 Å². The zero-order valence-electron chi connectivity index (χ0n) is 8.41. The maximum atomic E-state index is 11.6. The third kappa shape index (κ3) is 1.75. The van der Waals surface area contributed by atoms with Crippen molar-refractivity contribution in [2.75, 3.05) is 6.54 Å². The molecule has 14 heavy (non-hydrogen) atoms. The largest absolute Gasteiger partial charge is 0.338 e. The van der Waals surface area contributed by atoms with E-state index in [2.05, 4.69) is 6.07 Å². The Morgan fingerprint density at radius 1 is 1.29 bits per heavy atom. The highest BCUT2D eigenvalue weighted by atomic mass is 16.2. The zero-order valence-corrected chi connectivity index (χ0v) is 8.41. The lowest BCUT2D eigenvalue weighted by Crippen LogP contribution is -2.37. The van der Waals surface area contributed by atoms with Gasteiger partial charge >= 0.3 is 0 Å². The van der Waals surface area contributed by atoms with Crippen LogP contribution in [0.15, 0.2) is 0 Å². The Morgan fingerprint density at radius 2 is 2.00 bits per heavy atom. The molecular formula is C11H16N2O. The Balaban J connectivity index is 1.97. The summed E-state index contributed by atoms with van der Waals surface area (Å²) in [7, 11) is 0. The van der Waals surface area contributed by atoms with Gasteiger partial charge in [0.25, 0.3) is 0 Å². The Bertz CT molecular complexity index is 263. The number of rotatable bonds is 1. The Morgan fingerprint density at radius 3 is 2.57 bits per heavy atom. The minimum absolute atomic E-state index is 0.0515. The van der Waals surface area contributed by atoms with Crippen LogP contribution in [-0.4, -0.2) is 23.4 Å². The average molecular weight is 192 g/mol. The van der Waals surface area contributed by atoms with E-state index in [1.54, 1.807) is 0 Å². The van der Waals surface area contributed by atoms with Gasteiger partial charge in [-0.05, 0) is 12.8 Å². The van der Waals surface area contributed by atoms with Crippen molar-refractivity contribution >= 4 is 5.91 Å². The molecule has 76 valence electrons. The zero-order chi connectivity index (χ0) is 9.97. The minimum Gasteiger partial charge on any atom is -0.338 e. The molecule has 0 radical (unpaired) electrons. The van der Waals surface area contributed by atoms with Crippen LogP contribution in [0.2, 0.25) is 0 Å². The van der Waals surface area contributed by atoms with Gasteiger partial charge in [-0.2, -0.15) is 5.26 Å². The number of carbonyl (C=O) groups excluding carboxylic acids is 1. The van der Waals surface area contributed by atoms with Crippen LogP contribution in [0.25, 0.3) is 0 Å². The van der Waals surface area contributed by atoms with Crippen LogP contribution in [0, 0.1) is 17.2 Å². The first-order chi connectivity index (χ1) is 6.81. The molecule has 3 heteroatoms. The highest BCUT2D eigenvalue weighted by Gasteiger charge is 2.34. The van der Waals surface area contributed by atoms with Gasteiger partial charge in [-0.15, -0.1) is 0 Å². The number of hydrogen-bond donors (Lipinski definition) is 0. The monoisotopic (exact) mass is 192 g/mol. The molecule has 0 spiro atoms. The standard InChI is InChI=1S/C11H16N2O/c12-7-9-6-11(14)13(8-9)10-4-2-1-3-5-10/h9-10H,1-6,8H2. The van der Waals surface area contributed by atoms with Gasteiger partial charge in [0.05, 0.1) is 12.0 Å². The van der Waals surface area contributed by atoms with Crippen LogP contribution in [0.5, 0.6) is 0 Å². The lowest BCUT2D eigenvalue weighted by Gasteiger charge is -2.30. The molecule has 1 saturated heterocycles. The molecule has 0 aromatic rings. The maximum absolute atomic E-state index is 11.6. The van der Waals surface area contributed by atoms with Gasteiger partial charge in [-0.3, -0.25) is 4.79 Å². The third-order valence-corrected chi connectivity index (χ3v) is 3.36. The Labute approximate surface area is 84.7 Å². The van der Waals surface area contributed by atoms with E-state index in [1.165, 1.54) is 19.3 Å². The molecule has 2 rings (SSSR count). The number of hydrogen-bond acceptors (Lipinski definition) is 2. The van der Waals surface area contributed by atoms with E-state index in [1.807, 2.05) is 4.90 Å². The molecule has 1 aliphatic carbocycles. The topological polar surface area (TPSA) is 44.1 Å². The summed E-state index contributed by atoms with van der Waals surface area (Å²) in [6.45, 7) is 0.681. The molecule has 0 bridgehead atoms. The molecule has 0 aromatic heterocycles.